The first kappa shape index (κ1) is 16.2. The van der Waals surface area contributed by atoms with Crippen molar-refractivity contribution in [2.24, 2.45) is 0 Å². The molecule has 126 valence electrons. The van der Waals surface area contributed by atoms with Crippen molar-refractivity contribution in [3.63, 3.8) is 0 Å². The molecule has 0 saturated carbocycles. The van der Waals surface area contributed by atoms with Crippen LogP contribution in [0.25, 0.3) is 5.78 Å². The van der Waals surface area contributed by atoms with Crippen molar-refractivity contribution >= 4 is 11.6 Å². The molecule has 23 heavy (non-hydrogen) atoms. The molecule has 2 aromatic rings. The van der Waals surface area contributed by atoms with Gasteiger partial charge in [-0.25, -0.2) is 4.98 Å². The number of hydrogen-bond acceptors (Lipinski definition) is 5. The molecule has 1 aliphatic heterocycles. The van der Waals surface area contributed by atoms with Crippen molar-refractivity contribution in [2.75, 3.05) is 24.5 Å². The Morgan fingerprint density at radius 1 is 1.13 bits per heavy atom. The largest absolute Gasteiger partial charge is 0.356 e. The highest BCUT2D eigenvalue weighted by Gasteiger charge is 2.26. The van der Waals surface area contributed by atoms with Crippen LogP contribution < -0.4 is 10.2 Å². The fourth-order valence-electron chi connectivity index (χ4n) is 3.18. The molecule has 0 radical (unpaired) electrons. The molecule has 1 aliphatic rings. The molecule has 0 bridgehead atoms. The van der Waals surface area contributed by atoms with Crippen LogP contribution in [0, 0.1) is 6.92 Å². The Labute approximate surface area is 138 Å². The van der Waals surface area contributed by atoms with E-state index in [9.17, 15) is 0 Å². The summed E-state index contributed by atoms with van der Waals surface area (Å²) in [5.41, 5.74) is 2.44. The van der Waals surface area contributed by atoms with E-state index >= 15 is 0 Å². The summed E-state index contributed by atoms with van der Waals surface area (Å²) in [6.07, 6.45) is 5.88. The van der Waals surface area contributed by atoms with E-state index in [1.165, 1.54) is 37.1 Å². The molecule has 0 amide bonds. The molecule has 0 fully saturated rings. The van der Waals surface area contributed by atoms with Crippen LogP contribution in [0.15, 0.2) is 0 Å². The van der Waals surface area contributed by atoms with Gasteiger partial charge in [-0.3, -0.25) is 0 Å². The van der Waals surface area contributed by atoms with Gasteiger partial charge in [0.15, 0.2) is 5.82 Å². The number of fused-ring (bicyclic) bond motifs is 3. The zero-order chi connectivity index (χ0) is 16.2. The molecule has 0 aromatic carbocycles. The minimum Gasteiger partial charge on any atom is -0.356 e. The quantitative estimate of drug-likeness (QED) is 0.758. The van der Waals surface area contributed by atoms with Gasteiger partial charge >= 0.3 is 0 Å². The standard InChI is InChI=1S/C17H28N6/c1-4-6-9-18-12-15-20-17-19-13(3)14-8-11-22(10-7-5-2)16(14)23(17)21-15/h18H,4-12H2,1-3H3. The van der Waals surface area contributed by atoms with Crippen molar-refractivity contribution in [1.82, 2.24) is 24.9 Å². The molecular weight excluding hydrogens is 288 g/mol. The lowest BCUT2D eigenvalue weighted by atomic mass is 10.2. The Balaban J connectivity index is 1.86. The molecule has 3 rings (SSSR count). The van der Waals surface area contributed by atoms with Crippen LogP contribution in [0.5, 0.6) is 0 Å². The van der Waals surface area contributed by atoms with Gasteiger partial charge in [0.25, 0.3) is 5.78 Å². The molecule has 0 unspecified atom stereocenters. The summed E-state index contributed by atoms with van der Waals surface area (Å²) in [5, 5.41) is 8.13. The Hall–Kier alpha value is -1.69. The van der Waals surface area contributed by atoms with Gasteiger partial charge in [0.05, 0.1) is 6.54 Å². The summed E-state index contributed by atoms with van der Waals surface area (Å²) in [6.45, 7) is 10.4. The summed E-state index contributed by atoms with van der Waals surface area (Å²) < 4.78 is 1.96. The van der Waals surface area contributed by atoms with Gasteiger partial charge in [-0.2, -0.15) is 9.50 Å². The van der Waals surface area contributed by atoms with Gasteiger partial charge in [-0.05, 0) is 32.7 Å². The van der Waals surface area contributed by atoms with Crippen LogP contribution in [0.3, 0.4) is 0 Å². The SMILES string of the molecule is CCCCNCc1nc2nc(C)c3c(n2n1)N(CCCC)CC3. The van der Waals surface area contributed by atoms with Crippen LogP contribution in [-0.4, -0.2) is 39.2 Å². The molecule has 0 atom stereocenters. The molecule has 0 saturated heterocycles. The van der Waals surface area contributed by atoms with Crippen LogP contribution in [0.1, 0.15) is 56.6 Å². The first-order valence-corrected chi connectivity index (χ1v) is 8.95. The Morgan fingerprint density at radius 3 is 2.74 bits per heavy atom. The number of aryl methyl sites for hydroxylation is 1. The van der Waals surface area contributed by atoms with E-state index in [0.29, 0.717) is 6.54 Å². The van der Waals surface area contributed by atoms with Crippen LogP contribution in [0.2, 0.25) is 0 Å². The van der Waals surface area contributed by atoms with Crippen molar-refractivity contribution in [1.29, 1.82) is 0 Å². The number of unbranched alkanes of at least 4 members (excludes halogenated alkanes) is 2. The maximum absolute atomic E-state index is 4.72. The first-order chi connectivity index (χ1) is 11.2. The first-order valence-electron chi connectivity index (χ1n) is 8.95. The second kappa shape index (κ2) is 7.25. The molecule has 3 heterocycles. The smallest absolute Gasteiger partial charge is 0.254 e. The minimum absolute atomic E-state index is 0.714. The number of nitrogens with one attached hydrogen (secondary N) is 1. The molecule has 6 heteroatoms. The Bertz CT molecular complexity index is 663. The third-order valence-corrected chi connectivity index (χ3v) is 4.51. The lowest BCUT2D eigenvalue weighted by molar-refractivity contribution is 0.622. The van der Waals surface area contributed by atoms with Crippen molar-refractivity contribution in [2.45, 2.75) is 59.4 Å². The summed E-state index contributed by atoms with van der Waals surface area (Å²) in [4.78, 5) is 11.7. The van der Waals surface area contributed by atoms with Gasteiger partial charge in [0, 0.05) is 24.3 Å². The third kappa shape index (κ3) is 3.32. The summed E-state index contributed by atoms with van der Waals surface area (Å²) in [6, 6.07) is 0. The molecule has 2 aromatic heterocycles. The number of hydrogen-bond donors (Lipinski definition) is 1. The number of aromatic nitrogens is 4. The monoisotopic (exact) mass is 316 g/mol. The zero-order valence-electron chi connectivity index (χ0n) is 14.6. The summed E-state index contributed by atoms with van der Waals surface area (Å²) in [7, 11) is 0. The van der Waals surface area contributed by atoms with Gasteiger partial charge < -0.3 is 10.2 Å². The van der Waals surface area contributed by atoms with Gasteiger partial charge in [0.1, 0.15) is 5.82 Å². The lowest BCUT2D eigenvalue weighted by Crippen LogP contribution is -2.24. The minimum atomic E-state index is 0.714. The van der Waals surface area contributed by atoms with Gasteiger partial charge in [-0.1, -0.05) is 26.7 Å². The normalized spacial score (nSPS) is 14.0. The fourth-order valence-corrected chi connectivity index (χ4v) is 3.18. The summed E-state index contributed by atoms with van der Waals surface area (Å²) >= 11 is 0. The predicted molar refractivity (Wildman–Crippen MR) is 93.0 cm³/mol. The zero-order valence-corrected chi connectivity index (χ0v) is 14.6. The highest BCUT2D eigenvalue weighted by atomic mass is 15.4. The Kier molecular flexibility index (Phi) is 5.10. The van der Waals surface area contributed by atoms with E-state index in [1.807, 2.05) is 4.52 Å². The second-order valence-electron chi connectivity index (χ2n) is 6.36. The molecular formula is C17H28N6. The average molecular weight is 316 g/mol. The highest BCUT2D eigenvalue weighted by molar-refractivity contribution is 5.58. The maximum Gasteiger partial charge on any atom is 0.254 e. The highest BCUT2D eigenvalue weighted by Crippen LogP contribution is 2.30. The molecule has 0 spiro atoms. The number of nitrogens with zero attached hydrogens (tertiary/aromatic N) is 5. The van der Waals surface area contributed by atoms with E-state index in [-0.39, 0.29) is 0 Å². The molecule has 0 aliphatic carbocycles. The third-order valence-electron chi connectivity index (χ3n) is 4.51. The molecule has 6 nitrogen and oxygen atoms in total. The van der Waals surface area contributed by atoms with Gasteiger partial charge in [-0.15, -0.1) is 5.10 Å². The van der Waals surface area contributed by atoms with Crippen LogP contribution in [-0.2, 0) is 13.0 Å². The fraction of sp³-hybridized carbons (Fsp3) is 0.706. The number of rotatable bonds is 8. The Morgan fingerprint density at radius 2 is 1.96 bits per heavy atom. The van der Waals surface area contributed by atoms with Crippen molar-refractivity contribution < 1.29 is 0 Å². The average Bonchev–Trinajstić information content (AvgIpc) is 3.13. The van der Waals surface area contributed by atoms with E-state index < -0.39 is 0 Å². The summed E-state index contributed by atoms with van der Waals surface area (Å²) in [5.74, 6) is 2.79. The topological polar surface area (TPSA) is 58.4 Å². The lowest BCUT2D eigenvalue weighted by Gasteiger charge is -2.19. The number of anilines is 1. The van der Waals surface area contributed by atoms with Crippen LogP contribution in [0.4, 0.5) is 5.82 Å². The second-order valence-corrected chi connectivity index (χ2v) is 6.36. The predicted octanol–water partition coefficient (Wildman–Crippen LogP) is 2.49. The van der Waals surface area contributed by atoms with Crippen LogP contribution >= 0.6 is 0 Å². The van der Waals surface area contributed by atoms with Crippen molar-refractivity contribution in [3.05, 3.63) is 17.1 Å². The van der Waals surface area contributed by atoms with E-state index in [0.717, 1.165) is 43.4 Å². The van der Waals surface area contributed by atoms with E-state index in [4.69, 9.17) is 5.10 Å². The van der Waals surface area contributed by atoms with Gasteiger partial charge in [0.2, 0.25) is 0 Å². The molecule has 1 N–H and O–H groups in total. The van der Waals surface area contributed by atoms with E-state index in [1.54, 1.807) is 0 Å². The maximum atomic E-state index is 4.72. The van der Waals surface area contributed by atoms with Crippen molar-refractivity contribution in [3.8, 4) is 0 Å². The van der Waals surface area contributed by atoms with E-state index in [2.05, 4.69) is 41.0 Å².